The minimum atomic E-state index is 0.720. The number of nitrogens with zero attached hydrogens (tertiary/aromatic N) is 2. The smallest absolute Gasteiger partial charge is 0.161 e. The zero-order valence-electron chi connectivity index (χ0n) is 15.8. The van der Waals surface area contributed by atoms with E-state index in [1.54, 1.807) is 11.3 Å². The van der Waals surface area contributed by atoms with Crippen molar-refractivity contribution in [1.29, 1.82) is 0 Å². The molecule has 0 saturated carbocycles. The van der Waals surface area contributed by atoms with Crippen LogP contribution in [-0.4, -0.2) is 9.97 Å². The molecule has 2 aromatic heterocycles. The fourth-order valence-corrected chi connectivity index (χ4v) is 5.34. The lowest BCUT2D eigenvalue weighted by molar-refractivity contribution is 1.24. The third-order valence-electron chi connectivity index (χ3n) is 5.38. The van der Waals surface area contributed by atoms with Crippen LogP contribution < -0.4 is 0 Å². The predicted octanol–water partition coefficient (Wildman–Crippen LogP) is 7.99. The summed E-state index contributed by atoms with van der Waals surface area (Å²) in [5.41, 5.74) is 4.05. The molecule has 0 saturated heterocycles. The van der Waals surface area contributed by atoms with Crippen molar-refractivity contribution in [2.45, 2.75) is 0 Å². The first-order valence-corrected chi connectivity index (χ1v) is 10.9. The Morgan fingerprint density at radius 2 is 1.33 bits per heavy atom. The number of halogens is 1. The zero-order valence-corrected chi connectivity index (χ0v) is 17.4. The summed E-state index contributed by atoms with van der Waals surface area (Å²) in [6.07, 6.45) is 0. The number of aromatic nitrogens is 2. The Balaban J connectivity index is 1.74. The van der Waals surface area contributed by atoms with Gasteiger partial charge in [0.2, 0.25) is 0 Å². The van der Waals surface area contributed by atoms with E-state index in [9.17, 15) is 0 Å². The molecular formula is C26H15ClN2S. The van der Waals surface area contributed by atoms with Crippen LogP contribution in [0.2, 0.25) is 5.02 Å². The molecule has 0 atom stereocenters. The first kappa shape index (κ1) is 17.6. The van der Waals surface area contributed by atoms with Crippen LogP contribution in [0.1, 0.15) is 0 Å². The Morgan fingerprint density at radius 3 is 2.17 bits per heavy atom. The van der Waals surface area contributed by atoms with Crippen molar-refractivity contribution in [3.63, 3.8) is 0 Å². The standard InChI is InChI=1S/C26H15ClN2S/c27-21-15-14-19(17-10-4-5-11-18(17)21)26-28-23(16-8-2-1-3-9-16)25-24(29-26)20-12-6-7-13-22(20)30-25/h1-15H. The molecule has 4 aromatic carbocycles. The molecule has 4 heteroatoms. The van der Waals surface area contributed by atoms with E-state index in [1.165, 1.54) is 4.70 Å². The maximum atomic E-state index is 6.46. The van der Waals surface area contributed by atoms with Gasteiger partial charge in [0.1, 0.15) is 0 Å². The molecule has 0 aliphatic heterocycles. The highest BCUT2D eigenvalue weighted by atomic mass is 35.5. The van der Waals surface area contributed by atoms with Crippen LogP contribution in [0.4, 0.5) is 0 Å². The van der Waals surface area contributed by atoms with Crippen molar-refractivity contribution < 1.29 is 0 Å². The summed E-state index contributed by atoms with van der Waals surface area (Å²) >= 11 is 8.21. The second-order valence-electron chi connectivity index (χ2n) is 7.18. The Morgan fingerprint density at radius 1 is 0.633 bits per heavy atom. The summed E-state index contributed by atoms with van der Waals surface area (Å²) in [5.74, 6) is 0.720. The van der Waals surface area contributed by atoms with E-state index in [0.717, 1.165) is 54.0 Å². The Hall–Kier alpha value is -3.27. The molecule has 2 heterocycles. The highest BCUT2D eigenvalue weighted by Crippen LogP contribution is 2.40. The van der Waals surface area contributed by atoms with Gasteiger partial charge < -0.3 is 0 Å². The first-order chi connectivity index (χ1) is 14.8. The van der Waals surface area contributed by atoms with E-state index in [2.05, 4.69) is 42.5 Å². The Bertz CT molecular complexity index is 1550. The minimum absolute atomic E-state index is 0.720. The van der Waals surface area contributed by atoms with E-state index < -0.39 is 0 Å². The van der Waals surface area contributed by atoms with Gasteiger partial charge in [-0.1, -0.05) is 84.4 Å². The lowest BCUT2D eigenvalue weighted by Crippen LogP contribution is -1.94. The molecule has 0 amide bonds. The monoisotopic (exact) mass is 422 g/mol. The van der Waals surface area contributed by atoms with Crippen LogP contribution >= 0.6 is 22.9 Å². The molecule has 0 unspecified atom stereocenters. The Labute approximate surface area is 182 Å². The van der Waals surface area contributed by atoms with Gasteiger partial charge in [-0.25, -0.2) is 9.97 Å². The third-order valence-corrected chi connectivity index (χ3v) is 6.88. The van der Waals surface area contributed by atoms with Gasteiger partial charge >= 0.3 is 0 Å². The number of fused-ring (bicyclic) bond motifs is 4. The zero-order chi connectivity index (χ0) is 20.1. The normalized spacial score (nSPS) is 11.5. The van der Waals surface area contributed by atoms with Gasteiger partial charge in [0, 0.05) is 31.6 Å². The van der Waals surface area contributed by atoms with Crippen LogP contribution in [0.3, 0.4) is 0 Å². The van der Waals surface area contributed by atoms with Crippen LogP contribution in [0.5, 0.6) is 0 Å². The summed E-state index contributed by atoms with van der Waals surface area (Å²) in [5, 5.41) is 3.97. The van der Waals surface area contributed by atoms with E-state index in [4.69, 9.17) is 21.6 Å². The SMILES string of the molecule is Clc1ccc(-c2nc(-c3ccccc3)c3sc4ccccc4c3n2)c2ccccc12. The average Bonchev–Trinajstić information content (AvgIpc) is 3.18. The lowest BCUT2D eigenvalue weighted by Gasteiger charge is -2.10. The van der Waals surface area contributed by atoms with Crippen molar-refractivity contribution in [3.05, 3.63) is 96.0 Å². The van der Waals surface area contributed by atoms with E-state index >= 15 is 0 Å². The molecule has 142 valence electrons. The highest BCUT2D eigenvalue weighted by molar-refractivity contribution is 7.26. The molecule has 30 heavy (non-hydrogen) atoms. The summed E-state index contributed by atoms with van der Waals surface area (Å²) in [4.78, 5) is 10.1. The van der Waals surface area contributed by atoms with E-state index in [-0.39, 0.29) is 0 Å². The highest BCUT2D eigenvalue weighted by Gasteiger charge is 2.17. The molecule has 0 bridgehead atoms. The maximum Gasteiger partial charge on any atom is 0.161 e. The molecule has 0 aliphatic rings. The van der Waals surface area contributed by atoms with Gasteiger partial charge in [0.25, 0.3) is 0 Å². The molecular weight excluding hydrogens is 408 g/mol. The Kier molecular flexibility index (Phi) is 4.05. The minimum Gasteiger partial charge on any atom is -0.226 e. The lowest BCUT2D eigenvalue weighted by atomic mass is 10.0. The number of rotatable bonds is 2. The van der Waals surface area contributed by atoms with Gasteiger partial charge in [-0.2, -0.15) is 0 Å². The van der Waals surface area contributed by atoms with E-state index in [0.29, 0.717) is 0 Å². The van der Waals surface area contributed by atoms with Crippen molar-refractivity contribution >= 4 is 54.0 Å². The number of benzene rings is 4. The fraction of sp³-hybridized carbons (Fsp3) is 0. The third kappa shape index (κ3) is 2.71. The predicted molar refractivity (Wildman–Crippen MR) is 128 cm³/mol. The molecule has 6 aromatic rings. The fourth-order valence-electron chi connectivity index (χ4n) is 3.96. The average molecular weight is 423 g/mol. The van der Waals surface area contributed by atoms with Crippen LogP contribution in [-0.2, 0) is 0 Å². The number of hydrogen-bond acceptors (Lipinski definition) is 3. The van der Waals surface area contributed by atoms with Crippen LogP contribution in [0, 0.1) is 0 Å². The van der Waals surface area contributed by atoms with Crippen molar-refractivity contribution in [2.75, 3.05) is 0 Å². The molecule has 6 rings (SSSR count). The largest absolute Gasteiger partial charge is 0.226 e. The van der Waals surface area contributed by atoms with Crippen molar-refractivity contribution in [1.82, 2.24) is 9.97 Å². The molecule has 0 aliphatic carbocycles. The summed E-state index contributed by atoms with van der Waals surface area (Å²) < 4.78 is 2.33. The van der Waals surface area contributed by atoms with Crippen LogP contribution in [0.15, 0.2) is 91.0 Å². The quantitative estimate of drug-likeness (QED) is 0.282. The molecule has 2 nitrogen and oxygen atoms in total. The molecule has 0 fully saturated rings. The summed E-state index contributed by atoms with van der Waals surface area (Å²) in [6.45, 7) is 0. The molecule has 0 N–H and O–H groups in total. The van der Waals surface area contributed by atoms with Crippen molar-refractivity contribution in [2.24, 2.45) is 0 Å². The van der Waals surface area contributed by atoms with Crippen LogP contribution in [0.25, 0.3) is 53.7 Å². The van der Waals surface area contributed by atoms with Gasteiger partial charge in [-0.15, -0.1) is 11.3 Å². The van der Waals surface area contributed by atoms with Crippen molar-refractivity contribution in [3.8, 4) is 22.6 Å². The van der Waals surface area contributed by atoms with E-state index in [1.807, 2.05) is 48.5 Å². The number of hydrogen-bond donors (Lipinski definition) is 0. The number of thiophene rings is 1. The van der Waals surface area contributed by atoms with Gasteiger partial charge in [0.15, 0.2) is 5.82 Å². The maximum absolute atomic E-state index is 6.46. The topological polar surface area (TPSA) is 25.8 Å². The van der Waals surface area contributed by atoms with Gasteiger partial charge in [-0.05, 0) is 23.6 Å². The van der Waals surface area contributed by atoms with Gasteiger partial charge in [-0.3, -0.25) is 0 Å². The second kappa shape index (κ2) is 6.91. The summed E-state index contributed by atoms with van der Waals surface area (Å²) in [6, 6.07) is 30.9. The molecule has 0 radical (unpaired) electrons. The second-order valence-corrected chi connectivity index (χ2v) is 8.64. The first-order valence-electron chi connectivity index (χ1n) is 9.72. The molecule has 0 spiro atoms. The van der Waals surface area contributed by atoms with Gasteiger partial charge in [0.05, 0.1) is 15.9 Å². The summed E-state index contributed by atoms with van der Waals surface area (Å²) in [7, 11) is 0.